The van der Waals surface area contributed by atoms with Crippen LogP contribution >= 0.6 is 11.3 Å². The molecule has 1 fully saturated rings. The molecule has 0 spiro atoms. The molecular formula is C17H22N2O2S2. The first-order valence-corrected chi connectivity index (χ1v) is 10.2. The minimum Gasteiger partial charge on any atom is -0.255 e. The van der Waals surface area contributed by atoms with E-state index in [-0.39, 0.29) is 10.3 Å². The molecule has 0 aliphatic heterocycles. The van der Waals surface area contributed by atoms with E-state index >= 15 is 0 Å². The molecule has 6 heteroatoms. The van der Waals surface area contributed by atoms with Crippen molar-refractivity contribution in [3.63, 3.8) is 0 Å². The number of benzene rings is 1. The van der Waals surface area contributed by atoms with Crippen molar-refractivity contribution in [1.82, 2.24) is 4.98 Å². The van der Waals surface area contributed by atoms with Crippen LogP contribution in [0, 0.1) is 5.41 Å². The van der Waals surface area contributed by atoms with Crippen LogP contribution in [0.4, 0.5) is 5.13 Å². The van der Waals surface area contributed by atoms with E-state index in [0.717, 1.165) is 12.1 Å². The molecule has 1 aliphatic carbocycles. The zero-order chi connectivity index (χ0) is 16.7. The van der Waals surface area contributed by atoms with Gasteiger partial charge in [-0.3, -0.25) is 4.72 Å². The molecule has 1 N–H and O–H groups in total. The maximum atomic E-state index is 12.4. The molecule has 1 aliphatic rings. The summed E-state index contributed by atoms with van der Waals surface area (Å²) in [4.78, 5) is 4.68. The Balaban J connectivity index is 1.72. The highest BCUT2D eigenvalue weighted by Gasteiger charge is 2.24. The van der Waals surface area contributed by atoms with Crippen LogP contribution in [0.15, 0.2) is 34.5 Å². The van der Waals surface area contributed by atoms with Gasteiger partial charge in [0.1, 0.15) is 0 Å². The minimum atomic E-state index is -3.57. The average molecular weight is 351 g/mol. The first-order chi connectivity index (χ1) is 10.7. The Labute approximate surface area is 142 Å². The van der Waals surface area contributed by atoms with Crippen molar-refractivity contribution in [2.24, 2.45) is 5.41 Å². The summed E-state index contributed by atoms with van der Waals surface area (Å²) in [5, 5.41) is 2.34. The Morgan fingerprint density at radius 3 is 2.43 bits per heavy atom. The zero-order valence-corrected chi connectivity index (χ0v) is 15.3. The lowest BCUT2D eigenvalue weighted by Crippen LogP contribution is -2.13. The molecule has 2 aromatic rings. The van der Waals surface area contributed by atoms with Gasteiger partial charge < -0.3 is 0 Å². The van der Waals surface area contributed by atoms with Crippen molar-refractivity contribution in [3.8, 4) is 0 Å². The molecule has 1 saturated carbocycles. The Morgan fingerprint density at radius 1 is 1.22 bits per heavy atom. The Morgan fingerprint density at radius 2 is 1.87 bits per heavy atom. The first-order valence-electron chi connectivity index (χ1n) is 7.80. The summed E-state index contributed by atoms with van der Waals surface area (Å²) in [7, 11) is -3.57. The molecule has 3 rings (SSSR count). The zero-order valence-electron chi connectivity index (χ0n) is 13.7. The molecule has 0 saturated heterocycles. The largest absolute Gasteiger partial charge is 0.263 e. The maximum absolute atomic E-state index is 12.4. The highest BCUT2D eigenvalue weighted by molar-refractivity contribution is 7.93. The smallest absolute Gasteiger partial charge is 0.255 e. The summed E-state index contributed by atoms with van der Waals surface area (Å²) < 4.78 is 27.5. The lowest BCUT2D eigenvalue weighted by Gasteiger charge is -2.15. The molecular weight excluding hydrogens is 328 g/mol. The van der Waals surface area contributed by atoms with Crippen molar-refractivity contribution in [2.75, 3.05) is 4.72 Å². The highest BCUT2D eigenvalue weighted by atomic mass is 32.2. The SMILES string of the molecule is CC(C)(C)Cc1csc(NS(=O)(=O)c2ccc(C3CC3)cc2)n1. The van der Waals surface area contributed by atoms with E-state index in [1.165, 1.54) is 29.7 Å². The van der Waals surface area contributed by atoms with Gasteiger partial charge >= 0.3 is 0 Å². The van der Waals surface area contributed by atoms with Gasteiger partial charge in [-0.15, -0.1) is 11.3 Å². The summed E-state index contributed by atoms with van der Waals surface area (Å²) in [5.41, 5.74) is 2.28. The summed E-state index contributed by atoms with van der Waals surface area (Å²) in [6, 6.07) is 7.19. The lowest BCUT2D eigenvalue weighted by molar-refractivity contribution is 0.407. The third kappa shape index (κ3) is 4.32. The van der Waals surface area contributed by atoms with Gasteiger partial charge in [0.15, 0.2) is 5.13 Å². The van der Waals surface area contributed by atoms with Crippen LogP contribution < -0.4 is 4.72 Å². The van der Waals surface area contributed by atoms with Crippen LogP contribution in [0.1, 0.15) is 50.8 Å². The summed E-state index contributed by atoms with van der Waals surface area (Å²) in [6.07, 6.45) is 3.24. The van der Waals surface area contributed by atoms with Crippen molar-refractivity contribution in [3.05, 3.63) is 40.9 Å². The van der Waals surface area contributed by atoms with E-state index in [2.05, 4.69) is 30.5 Å². The number of hydrogen-bond donors (Lipinski definition) is 1. The lowest BCUT2D eigenvalue weighted by atomic mass is 9.91. The average Bonchev–Trinajstić information content (AvgIpc) is 3.21. The van der Waals surface area contributed by atoms with E-state index in [1.54, 1.807) is 12.1 Å². The van der Waals surface area contributed by atoms with Crippen molar-refractivity contribution < 1.29 is 8.42 Å². The number of thiazole rings is 1. The summed E-state index contributed by atoms with van der Waals surface area (Å²) in [5.74, 6) is 0.624. The standard InChI is InChI=1S/C17H22N2O2S2/c1-17(2,3)10-14-11-22-16(18-14)19-23(20,21)15-8-6-13(7-9-15)12-4-5-12/h6-9,11-12H,4-5,10H2,1-3H3,(H,18,19). The molecule has 124 valence electrons. The molecule has 0 unspecified atom stereocenters. The molecule has 1 aromatic carbocycles. The van der Waals surface area contributed by atoms with Gasteiger partial charge in [-0.1, -0.05) is 32.9 Å². The Bertz CT molecular complexity index is 783. The molecule has 1 heterocycles. The molecule has 0 bridgehead atoms. The van der Waals surface area contributed by atoms with E-state index in [4.69, 9.17) is 0 Å². The minimum absolute atomic E-state index is 0.128. The van der Waals surface area contributed by atoms with Crippen molar-refractivity contribution >= 4 is 26.5 Å². The van der Waals surface area contributed by atoms with Crippen LogP contribution in [-0.4, -0.2) is 13.4 Å². The fourth-order valence-corrected chi connectivity index (χ4v) is 4.45. The first kappa shape index (κ1) is 16.5. The topological polar surface area (TPSA) is 59.1 Å². The number of hydrogen-bond acceptors (Lipinski definition) is 4. The molecule has 0 radical (unpaired) electrons. The highest BCUT2D eigenvalue weighted by Crippen LogP contribution is 2.40. The van der Waals surface area contributed by atoms with E-state index in [9.17, 15) is 8.42 Å². The molecule has 1 aromatic heterocycles. The predicted octanol–water partition coefficient (Wildman–Crippen LogP) is 4.41. The van der Waals surface area contributed by atoms with Crippen LogP contribution in [0.3, 0.4) is 0 Å². The Hall–Kier alpha value is -1.40. The second kappa shape index (κ2) is 5.91. The van der Waals surface area contributed by atoms with Gasteiger partial charge in [-0.2, -0.15) is 0 Å². The number of anilines is 1. The number of nitrogens with one attached hydrogen (secondary N) is 1. The van der Waals surface area contributed by atoms with Gasteiger partial charge in [0.05, 0.1) is 10.6 Å². The van der Waals surface area contributed by atoms with Gasteiger partial charge in [0.2, 0.25) is 0 Å². The van der Waals surface area contributed by atoms with Crippen molar-refractivity contribution in [2.45, 2.75) is 50.8 Å². The quantitative estimate of drug-likeness (QED) is 0.869. The molecule has 4 nitrogen and oxygen atoms in total. The Kier molecular flexibility index (Phi) is 4.23. The van der Waals surface area contributed by atoms with Gasteiger partial charge in [-0.25, -0.2) is 13.4 Å². The predicted molar refractivity (Wildman–Crippen MR) is 94.5 cm³/mol. The second-order valence-electron chi connectivity index (χ2n) is 7.33. The summed E-state index contributed by atoms with van der Waals surface area (Å²) in [6.45, 7) is 6.41. The number of rotatable bonds is 5. The molecule has 0 atom stereocenters. The van der Waals surface area contributed by atoms with Gasteiger partial charge in [0.25, 0.3) is 10.0 Å². The van der Waals surface area contributed by atoms with Crippen LogP contribution in [0.25, 0.3) is 0 Å². The number of aromatic nitrogens is 1. The third-order valence-electron chi connectivity index (χ3n) is 3.72. The number of sulfonamides is 1. The monoisotopic (exact) mass is 350 g/mol. The molecule has 23 heavy (non-hydrogen) atoms. The second-order valence-corrected chi connectivity index (χ2v) is 9.87. The van der Waals surface area contributed by atoms with E-state index < -0.39 is 10.0 Å². The third-order valence-corrected chi connectivity index (χ3v) is 6.01. The van der Waals surface area contributed by atoms with E-state index in [0.29, 0.717) is 11.0 Å². The van der Waals surface area contributed by atoms with Gasteiger partial charge in [-0.05, 0) is 48.3 Å². The fourth-order valence-electron chi connectivity index (χ4n) is 2.49. The van der Waals surface area contributed by atoms with Crippen LogP contribution in [0.2, 0.25) is 0 Å². The fraction of sp³-hybridized carbons (Fsp3) is 0.471. The normalized spacial score (nSPS) is 15.6. The van der Waals surface area contributed by atoms with E-state index in [1.807, 2.05) is 17.5 Å². The van der Waals surface area contributed by atoms with Gasteiger partial charge in [0, 0.05) is 5.38 Å². The maximum Gasteiger partial charge on any atom is 0.263 e. The summed E-state index contributed by atoms with van der Waals surface area (Å²) >= 11 is 1.33. The van der Waals surface area contributed by atoms with Crippen LogP contribution in [0.5, 0.6) is 0 Å². The number of nitrogens with zero attached hydrogens (tertiary/aromatic N) is 1. The van der Waals surface area contributed by atoms with Crippen molar-refractivity contribution in [1.29, 1.82) is 0 Å². The molecule has 0 amide bonds. The van der Waals surface area contributed by atoms with Crippen LogP contribution in [-0.2, 0) is 16.4 Å².